The number of nitrogens with one attached hydrogen (secondary N) is 2. The van der Waals surface area contributed by atoms with E-state index in [-0.39, 0.29) is 34.9 Å². The van der Waals surface area contributed by atoms with Crippen molar-refractivity contribution in [1.82, 2.24) is 15.6 Å². The number of ether oxygens (including phenoxy) is 1. The van der Waals surface area contributed by atoms with Gasteiger partial charge in [0.25, 0.3) is 5.91 Å². The van der Waals surface area contributed by atoms with Gasteiger partial charge in [-0.15, -0.1) is 0 Å². The fourth-order valence-electron chi connectivity index (χ4n) is 3.71. The third kappa shape index (κ3) is 6.14. The molecule has 2 amide bonds. The number of carbonyl (C=O) groups excluding carboxylic acids is 2. The van der Waals surface area contributed by atoms with Gasteiger partial charge in [0, 0.05) is 11.6 Å². The summed E-state index contributed by atoms with van der Waals surface area (Å²) in [7, 11) is 0. The molecule has 9 nitrogen and oxygen atoms in total. The minimum Gasteiger partial charge on any atom is -0.508 e. The number of aromatic hydroxyl groups is 2. The zero-order valence-corrected chi connectivity index (χ0v) is 20.0. The molecule has 5 N–H and O–H groups in total. The van der Waals surface area contributed by atoms with Gasteiger partial charge in [-0.25, -0.2) is 0 Å². The Morgan fingerprint density at radius 2 is 1.76 bits per heavy atom. The Morgan fingerprint density at radius 3 is 2.32 bits per heavy atom. The number of hydrogen-bond acceptors (Lipinski definition) is 7. The zero-order valence-electron chi connectivity index (χ0n) is 20.0. The Bertz CT molecular complexity index is 1340. The Morgan fingerprint density at radius 1 is 1.08 bits per heavy atom. The van der Waals surface area contributed by atoms with E-state index < -0.39 is 40.9 Å². The first-order chi connectivity index (χ1) is 17.9. The second kappa shape index (κ2) is 10.2. The fraction of sp³-hybridized carbons (Fsp3) is 0.269. The highest BCUT2D eigenvalue weighted by Crippen LogP contribution is 2.40. The Hall–Kier alpha value is -4.32. The second-order valence-corrected chi connectivity index (χ2v) is 8.97. The summed E-state index contributed by atoms with van der Waals surface area (Å²) in [5.41, 5.74) is -1.68. The smallest absolute Gasteiger partial charge is 0.419 e. The number of halogens is 3. The standard InChI is InChI=1S/C26H24F3N3O6/c1-14(33)15-2-5-22(21(10-15)26(27,28)29)38-20-4-3-17(30-13-20)12-31-24(37)25(6-7-25)32-23(36)16-8-18(34)11-19(35)9-16/h2-5,8-11,13-14,33-35H,6-7,12H2,1H3,(H,31,37)(H,32,36). The normalized spacial score (nSPS) is 14.9. The summed E-state index contributed by atoms with van der Waals surface area (Å²) >= 11 is 0. The van der Waals surface area contributed by atoms with Crippen LogP contribution in [-0.4, -0.2) is 37.7 Å². The number of aliphatic hydroxyl groups excluding tert-OH is 1. The van der Waals surface area contributed by atoms with E-state index in [2.05, 4.69) is 15.6 Å². The van der Waals surface area contributed by atoms with E-state index in [1.807, 2.05) is 0 Å². The van der Waals surface area contributed by atoms with Crippen molar-refractivity contribution in [3.05, 3.63) is 77.1 Å². The number of carbonyl (C=O) groups is 2. The Kier molecular flexibility index (Phi) is 7.18. The molecule has 1 saturated carbocycles. The van der Waals surface area contributed by atoms with Gasteiger partial charge in [0.05, 0.1) is 30.1 Å². The first-order valence-electron chi connectivity index (χ1n) is 11.5. The lowest BCUT2D eigenvalue weighted by Crippen LogP contribution is -2.48. The van der Waals surface area contributed by atoms with Crippen molar-refractivity contribution in [2.45, 2.75) is 44.1 Å². The van der Waals surface area contributed by atoms with Crippen molar-refractivity contribution in [3.8, 4) is 23.0 Å². The fourth-order valence-corrected chi connectivity index (χ4v) is 3.71. The van der Waals surface area contributed by atoms with Gasteiger partial charge in [-0.05, 0) is 61.7 Å². The maximum Gasteiger partial charge on any atom is 0.419 e. The van der Waals surface area contributed by atoms with Crippen LogP contribution < -0.4 is 15.4 Å². The molecule has 1 heterocycles. The predicted molar refractivity (Wildman–Crippen MR) is 127 cm³/mol. The molecule has 12 heteroatoms. The highest BCUT2D eigenvalue weighted by molar-refractivity contribution is 6.01. The van der Waals surface area contributed by atoms with Crippen LogP contribution in [0, 0.1) is 0 Å². The largest absolute Gasteiger partial charge is 0.508 e. The molecule has 38 heavy (non-hydrogen) atoms. The zero-order chi connectivity index (χ0) is 27.7. The number of amides is 2. The van der Waals surface area contributed by atoms with E-state index in [0.29, 0.717) is 18.5 Å². The molecular formula is C26H24F3N3O6. The molecule has 1 aromatic heterocycles. The highest BCUT2D eigenvalue weighted by Gasteiger charge is 2.51. The van der Waals surface area contributed by atoms with Crippen LogP contribution >= 0.6 is 0 Å². The van der Waals surface area contributed by atoms with E-state index in [1.54, 1.807) is 0 Å². The minimum absolute atomic E-state index is 0.00646. The number of hydrogen-bond donors (Lipinski definition) is 5. The van der Waals surface area contributed by atoms with Crippen LogP contribution in [0.25, 0.3) is 0 Å². The molecule has 0 radical (unpaired) electrons. The molecule has 4 rings (SSSR count). The summed E-state index contributed by atoms with van der Waals surface area (Å²) in [5, 5.41) is 34.0. The summed E-state index contributed by atoms with van der Waals surface area (Å²) in [6.45, 7) is 1.34. The molecule has 0 saturated heterocycles. The number of rotatable bonds is 8. The minimum atomic E-state index is -4.70. The number of aliphatic hydroxyl groups is 1. The molecule has 0 spiro atoms. The summed E-state index contributed by atoms with van der Waals surface area (Å²) < 4.78 is 45.8. The molecule has 0 aliphatic heterocycles. The maximum absolute atomic E-state index is 13.5. The third-order valence-corrected chi connectivity index (χ3v) is 5.95. The molecule has 2 aromatic carbocycles. The maximum atomic E-state index is 13.5. The van der Waals surface area contributed by atoms with Crippen LogP contribution in [0.15, 0.2) is 54.7 Å². The molecule has 1 aliphatic rings. The quantitative estimate of drug-likeness (QED) is 0.297. The van der Waals surface area contributed by atoms with Gasteiger partial charge in [-0.2, -0.15) is 13.2 Å². The summed E-state index contributed by atoms with van der Waals surface area (Å²) in [4.78, 5) is 29.3. The van der Waals surface area contributed by atoms with Crippen molar-refractivity contribution in [3.63, 3.8) is 0 Å². The van der Waals surface area contributed by atoms with Crippen LogP contribution in [0.4, 0.5) is 13.2 Å². The van der Waals surface area contributed by atoms with Gasteiger partial charge >= 0.3 is 6.18 Å². The average molecular weight is 531 g/mol. The molecular weight excluding hydrogens is 507 g/mol. The third-order valence-electron chi connectivity index (χ3n) is 5.95. The number of benzene rings is 2. The number of aromatic nitrogens is 1. The van der Waals surface area contributed by atoms with Gasteiger partial charge < -0.3 is 30.7 Å². The molecule has 3 aromatic rings. The van der Waals surface area contributed by atoms with E-state index in [9.17, 15) is 38.1 Å². The van der Waals surface area contributed by atoms with E-state index in [4.69, 9.17) is 4.74 Å². The lowest BCUT2D eigenvalue weighted by atomic mass is 10.1. The second-order valence-electron chi connectivity index (χ2n) is 8.97. The average Bonchev–Trinajstić information content (AvgIpc) is 3.63. The van der Waals surface area contributed by atoms with Gasteiger partial charge in [-0.1, -0.05) is 6.07 Å². The lowest BCUT2D eigenvalue weighted by Gasteiger charge is -2.18. The molecule has 1 aliphatic carbocycles. The number of nitrogens with zero attached hydrogens (tertiary/aromatic N) is 1. The van der Waals surface area contributed by atoms with Crippen LogP contribution in [0.2, 0.25) is 0 Å². The van der Waals surface area contributed by atoms with Crippen molar-refractivity contribution in [1.29, 1.82) is 0 Å². The molecule has 1 unspecified atom stereocenters. The van der Waals surface area contributed by atoms with Gasteiger partial charge in [0.1, 0.15) is 28.5 Å². The highest BCUT2D eigenvalue weighted by atomic mass is 19.4. The number of phenols is 2. The Balaban J connectivity index is 1.37. The monoisotopic (exact) mass is 531 g/mol. The number of alkyl halides is 3. The van der Waals surface area contributed by atoms with Crippen LogP contribution in [0.3, 0.4) is 0 Å². The van der Waals surface area contributed by atoms with Crippen molar-refractivity contribution in [2.75, 3.05) is 0 Å². The SMILES string of the molecule is CC(O)c1ccc(Oc2ccc(CNC(=O)C3(NC(=O)c4cc(O)cc(O)c4)CC3)nc2)c(C(F)(F)F)c1. The molecule has 0 bridgehead atoms. The van der Waals surface area contributed by atoms with Crippen molar-refractivity contribution >= 4 is 11.8 Å². The number of phenolic OH excluding ortho intramolecular Hbond substituents is 2. The van der Waals surface area contributed by atoms with E-state index >= 15 is 0 Å². The van der Waals surface area contributed by atoms with Crippen LogP contribution in [0.5, 0.6) is 23.0 Å². The van der Waals surface area contributed by atoms with Gasteiger partial charge in [0.2, 0.25) is 5.91 Å². The van der Waals surface area contributed by atoms with Crippen molar-refractivity contribution < 1.29 is 42.8 Å². The first-order valence-corrected chi connectivity index (χ1v) is 11.5. The topological polar surface area (TPSA) is 141 Å². The molecule has 200 valence electrons. The van der Waals surface area contributed by atoms with Crippen molar-refractivity contribution in [2.24, 2.45) is 0 Å². The summed E-state index contributed by atoms with van der Waals surface area (Å²) in [6.07, 6.45) is -3.78. The van der Waals surface area contributed by atoms with E-state index in [1.165, 1.54) is 31.3 Å². The predicted octanol–water partition coefficient (Wildman–Crippen LogP) is 3.94. The van der Waals surface area contributed by atoms with E-state index in [0.717, 1.165) is 30.3 Å². The first kappa shape index (κ1) is 26.7. The summed E-state index contributed by atoms with van der Waals surface area (Å²) in [6, 6.07) is 9.56. The molecule has 1 fully saturated rings. The Labute approximate surface area is 214 Å². The van der Waals surface area contributed by atoms with Crippen LogP contribution in [0.1, 0.15) is 53.0 Å². The van der Waals surface area contributed by atoms with Crippen LogP contribution in [-0.2, 0) is 17.5 Å². The summed E-state index contributed by atoms with van der Waals surface area (Å²) in [5.74, 6) is -2.09. The number of pyridine rings is 1. The van der Waals surface area contributed by atoms with Gasteiger partial charge in [-0.3, -0.25) is 14.6 Å². The lowest BCUT2D eigenvalue weighted by molar-refractivity contribution is -0.138. The molecule has 1 atom stereocenters. The van der Waals surface area contributed by atoms with Gasteiger partial charge in [0.15, 0.2) is 0 Å².